The highest BCUT2D eigenvalue weighted by Gasteiger charge is 2.46. The van der Waals surface area contributed by atoms with Crippen molar-refractivity contribution in [2.24, 2.45) is 0 Å². The van der Waals surface area contributed by atoms with Crippen LogP contribution >= 0.6 is 0 Å². The van der Waals surface area contributed by atoms with Crippen molar-refractivity contribution in [2.45, 2.75) is 37.8 Å². The lowest BCUT2D eigenvalue weighted by atomic mass is 9.81. The van der Waals surface area contributed by atoms with E-state index in [1.165, 1.54) is 16.6 Å². The molecule has 2 aliphatic rings. The number of hydrogen-bond donors (Lipinski definition) is 2. The number of nitrogens with one attached hydrogen (secondary N) is 1. The Labute approximate surface area is 123 Å². The highest BCUT2D eigenvalue weighted by Crippen LogP contribution is 2.40. The molecule has 1 unspecified atom stereocenters. The van der Waals surface area contributed by atoms with Gasteiger partial charge in [-0.3, -0.25) is 9.69 Å². The number of piperidine rings is 1. The molecule has 4 nitrogen and oxygen atoms in total. The number of H-pyrrole nitrogens is 1. The van der Waals surface area contributed by atoms with Crippen molar-refractivity contribution in [3.63, 3.8) is 0 Å². The van der Waals surface area contributed by atoms with Gasteiger partial charge in [0.2, 0.25) is 0 Å². The molecular formula is C17H20N2O2. The Kier molecular flexibility index (Phi) is 2.75. The molecule has 0 amide bonds. The molecule has 3 heterocycles. The number of fused-ring (bicyclic) bond motifs is 5. The first-order valence-corrected chi connectivity index (χ1v) is 7.71. The van der Waals surface area contributed by atoms with Crippen LogP contribution in [-0.4, -0.2) is 39.5 Å². The first-order chi connectivity index (χ1) is 10.1. The standard InChI is InChI=1S/C17H20N2O2/c1-2-17(21)10-19-8-7-12-11-5-3-4-6-13(11)18-16(12)14(19)9-15(17)20/h3-6,14,18,21H,2,7-10H2,1H3/t14?,17-/m0/s1. The fraction of sp³-hybridized carbons (Fsp3) is 0.471. The number of aliphatic hydroxyl groups is 1. The van der Waals surface area contributed by atoms with Gasteiger partial charge in [0, 0.05) is 36.1 Å². The Morgan fingerprint density at radius 1 is 1.43 bits per heavy atom. The minimum atomic E-state index is -1.15. The number of benzene rings is 1. The van der Waals surface area contributed by atoms with Crippen LogP contribution in [0.3, 0.4) is 0 Å². The largest absolute Gasteiger partial charge is 0.381 e. The second kappa shape index (κ2) is 4.42. The molecule has 1 saturated heterocycles. The van der Waals surface area contributed by atoms with Gasteiger partial charge in [0.1, 0.15) is 5.60 Å². The van der Waals surface area contributed by atoms with E-state index in [0.29, 0.717) is 19.4 Å². The number of Topliss-reactive ketones (excluding diaryl/α,β-unsaturated/α-hetero) is 1. The van der Waals surface area contributed by atoms with Gasteiger partial charge in [-0.05, 0) is 24.5 Å². The van der Waals surface area contributed by atoms with Crippen molar-refractivity contribution in [1.29, 1.82) is 0 Å². The van der Waals surface area contributed by atoms with E-state index < -0.39 is 5.60 Å². The quantitative estimate of drug-likeness (QED) is 0.844. The van der Waals surface area contributed by atoms with Crippen LogP contribution in [0.25, 0.3) is 10.9 Å². The van der Waals surface area contributed by atoms with Crippen LogP contribution in [0.1, 0.15) is 37.1 Å². The molecular weight excluding hydrogens is 264 g/mol. The van der Waals surface area contributed by atoms with E-state index in [9.17, 15) is 9.90 Å². The van der Waals surface area contributed by atoms with E-state index in [1.54, 1.807) is 0 Å². The summed E-state index contributed by atoms with van der Waals surface area (Å²) >= 11 is 0. The van der Waals surface area contributed by atoms with Crippen molar-refractivity contribution in [3.05, 3.63) is 35.5 Å². The summed E-state index contributed by atoms with van der Waals surface area (Å²) in [5, 5.41) is 11.7. The van der Waals surface area contributed by atoms with Gasteiger partial charge in [0.25, 0.3) is 0 Å². The Morgan fingerprint density at radius 3 is 3.05 bits per heavy atom. The van der Waals surface area contributed by atoms with Crippen molar-refractivity contribution < 1.29 is 9.90 Å². The summed E-state index contributed by atoms with van der Waals surface area (Å²) in [6.07, 6.45) is 1.88. The number of carbonyl (C=O) groups is 1. The summed E-state index contributed by atoms with van der Waals surface area (Å²) in [5.74, 6) is -0.0160. The van der Waals surface area contributed by atoms with Gasteiger partial charge in [0.15, 0.2) is 5.78 Å². The van der Waals surface area contributed by atoms with Crippen LogP contribution in [0.4, 0.5) is 0 Å². The second-order valence-corrected chi connectivity index (χ2v) is 6.31. The van der Waals surface area contributed by atoms with Crippen LogP contribution in [0.2, 0.25) is 0 Å². The topological polar surface area (TPSA) is 56.3 Å². The molecule has 2 atom stereocenters. The number of para-hydroxylation sites is 1. The van der Waals surface area contributed by atoms with Gasteiger partial charge in [-0.15, -0.1) is 0 Å². The fourth-order valence-corrected chi connectivity index (χ4v) is 3.89. The maximum Gasteiger partial charge on any atom is 0.167 e. The molecule has 0 saturated carbocycles. The zero-order valence-electron chi connectivity index (χ0n) is 12.2. The zero-order valence-corrected chi connectivity index (χ0v) is 12.2. The number of carbonyl (C=O) groups excluding carboxylic acids is 1. The van der Waals surface area contributed by atoms with Crippen LogP contribution in [0.15, 0.2) is 24.3 Å². The molecule has 2 aliphatic heterocycles. The lowest BCUT2D eigenvalue weighted by Gasteiger charge is -2.45. The van der Waals surface area contributed by atoms with Gasteiger partial charge in [-0.2, -0.15) is 0 Å². The Morgan fingerprint density at radius 2 is 2.24 bits per heavy atom. The molecule has 0 aliphatic carbocycles. The smallest absolute Gasteiger partial charge is 0.167 e. The third kappa shape index (κ3) is 1.79. The second-order valence-electron chi connectivity index (χ2n) is 6.31. The number of nitrogens with zero attached hydrogens (tertiary/aromatic N) is 1. The Hall–Kier alpha value is -1.65. The minimum absolute atomic E-state index is 0.0160. The fourth-order valence-electron chi connectivity index (χ4n) is 3.89. The van der Waals surface area contributed by atoms with Gasteiger partial charge < -0.3 is 10.1 Å². The highest BCUT2D eigenvalue weighted by molar-refractivity contribution is 5.90. The van der Waals surface area contributed by atoms with Crippen LogP contribution in [0.5, 0.6) is 0 Å². The molecule has 0 spiro atoms. The van der Waals surface area contributed by atoms with Crippen molar-refractivity contribution in [3.8, 4) is 0 Å². The first kappa shape index (κ1) is 13.0. The van der Waals surface area contributed by atoms with E-state index in [0.717, 1.165) is 18.5 Å². The van der Waals surface area contributed by atoms with Gasteiger partial charge in [-0.1, -0.05) is 25.1 Å². The predicted octanol–water partition coefficient (Wildman–Crippen LogP) is 2.18. The molecule has 2 aromatic rings. The number of hydrogen-bond acceptors (Lipinski definition) is 3. The third-order valence-corrected chi connectivity index (χ3v) is 5.22. The van der Waals surface area contributed by atoms with Crippen LogP contribution in [-0.2, 0) is 11.2 Å². The SMILES string of the molecule is CC[C@]1(O)CN2CCc3c([nH]c4ccccc34)C2CC1=O. The summed E-state index contributed by atoms with van der Waals surface area (Å²) in [6.45, 7) is 3.26. The monoisotopic (exact) mass is 284 g/mol. The average molecular weight is 284 g/mol. The average Bonchev–Trinajstić information content (AvgIpc) is 2.87. The van der Waals surface area contributed by atoms with Gasteiger partial charge in [0.05, 0.1) is 6.04 Å². The molecule has 1 aromatic heterocycles. The summed E-state index contributed by atoms with van der Waals surface area (Å²) in [6, 6.07) is 8.42. The Balaban J connectivity index is 1.78. The van der Waals surface area contributed by atoms with E-state index in [1.807, 2.05) is 13.0 Å². The first-order valence-electron chi connectivity index (χ1n) is 7.71. The molecule has 2 N–H and O–H groups in total. The zero-order chi connectivity index (χ0) is 14.6. The molecule has 1 fully saturated rings. The normalized spacial score (nSPS) is 29.4. The van der Waals surface area contributed by atoms with E-state index in [2.05, 4.69) is 28.1 Å². The summed E-state index contributed by atoms with van der Waals surface area (Å²) in [4.78, 5) is 18.1. The third-order valence-electron chi connectivity index (χ3n) is 5.22. The maximum absolute atomic E-state index is 12.3. The molecule has 4 heteroatoms. The lowest BCUT2D eigenvalue weighted by Crippen LogP contribution is -2.56. The Bertz CT molecular complexity index is 721. The van der Waals surface area contributed by atoms with E-state index in [-0.39, 0.29) is 11.8 Å². The van der Waals surface area contributed by atoms with Crippen LogP contribution in [0, 0.1) is 0 Å². The predicted molar refractivity (Wildman–Crippen MR) is 81.2 cm³/mol. The maximum atomic E-state index is 12.3. The summed E-state index contributed by atoms with van der Waals surface area (Å²) in [5.41, 5.74) is 2.52. The lowest BCUT2D eigenvalue weighted by molar-refractivity contribution is -0.149. The van der Waals surface area contributed by atoms with Gasteiger partial charge in [-0.25, -0.2) is 0 Å². The van der Waals surface area contributed by atoms with Crippen molar-refractivity contribution >= 4 is 16.7 Å². The minimum Gasteiger partial charge on any atom is -0.381 e. The molecule has 4 rings (SSSR count). The molecule has 21 heavy (non-hydrogen) atoms. The molecule has 1 aromatic carbocycles. The number of aromatic amines is 1. The number of rotatable bonds is 1. The van der Waals surface area contributed by atoms with Crippen LogP contribution < -0.4 is 0 Å². The van der Waals surface area contributed by atoms with E-state index >= 15 is 0 Å². The number of aromatic nitrogens is 1. The van der Waals surface area contributed by atoms with Gasteiger partial charge >= 0.3 is 0 Å². The molecule has 0 radical (unpaired) electrons. The van der Waals surface area contributed by atoms with Crippen molar-refractivity contribution in [2.75, 3.05) is 13.1 Å². The van der Waals surface area contributed by atoms with Crippen molar-refractivity contribution in [1.82, 2.24) is 9.88 Å². The number of ketones is 1. The summed E-state index contributed by atoms with van der Waals surface area (Å²) < 4.78 is 0. The highest BCUT2D eigenvalue weighted by atomic mass is 16.3. The molecule has 110 valence electrons. The summed E-state index contributed by atoms with van der Waals surface area (Å²) in [7, 11) is 0. The molecule has 0 bridgehead atoms. The van der Waals surface area contributed by atoms with E-state index in [4.69, 9.17) is 0 Å².